The van der Waals surface area contributed by atoms with Gasteiger partial charge in [0.25, 0.3) is 0 Å². The Kier molecular flexibility index (Phi) is 4.61. The Morgan fingerprint density at radius 3 is 2.16 bits per heavy atom. The molecule has 6 rings (SSSR count). The van der Waals surface area contributed by atoms with Crippen molar-refractivity contribution in [2.24, 2.45) is 0 Å². The van der Waals surface area contributed by atoms with E-state index in [4.69, 9.17) is 0 Å². The number of rotatable bonds is 3. The summed E-state index contributed by atoms with van der Waals surface area (Å²) < 4.78 is 2.46. The van der Waals surface area contributed by atoms with Crippen LogP contribution < -0.4 is 0 Å². The maximum absolute atomic E-state index is 2.48. The van der Waals surface area contributed by atoms with Crippen LogP contribution in [0.25, 0.3) is 38.6 Å². The summed E-state index contributed by atoms with van der Waals surface area (Å²) in [7, 11) is 0. The van der Waals surface area contributed by atoms with Crippen molar-refractivity contribution < 1.29 is 0 Å². The zero-order valence-electron chi connectivity index (χ0n) is 17.8. The summed E-state index contributed by atoms with van der Waals surface area (Å²) in [6, 6.07) is 35.6. The van der Waals surface area contributed by atoms with Crippen LogP contribution in [0.1, 0.15) is 43.6 Å². The summed E-state index contributed by atoms with van der Waals surface area (Å²) in [5.74, 6) is 0.719. The van der Waals surface area contributed by atoms with E-state index in [9.17, 15) is 0 Å². The SMILES string of the molecule is c1ccc(-c2ccccc2-n2c3ccccc3c3cc(C4CCCCC4)ccc32)cc1. The second-order valence-electron chi connectivity index (χ2n) is 8.85. The van der Waals surface area contributed by atoms with Crippen molar-refractivity contribution in [2.75, 3.05) is 0 Å². The lowest BCUT2D eigenvalue weighted by Crippen LogP contribution is -2.04. The van der Waals surface area contributed by atoms with Gasteiger partial charge in [-0.3, -0.25) is 0 Å². The van der Waals surface area contributed by atoms with Crippen molar-refractivity contribution in [3.63, 3.8) is 0 Å². The van der Waals surface area contributed by atoms with E-state index >= 15 is 0 Å². The fourth-order valence-corrected chi connectivity index (χ4v) is 5.47. The number of hydrogen-bond acceptors (Lipinski definition) is 0. The standard InChI is InChI=1S/C30H27N/c1-3-11-22(12-4-1)24-19-20-30-27(21-24)26-16-8-10-18-29(26)31(30)28-17-9-7-15-25(28)23-13-5-2-6-14-23/h2,5-10,13-22H,1,3-4,11-12H2. The predicted molar refractivity (Wildman–Crippen MR) is 132 cm³/mol. The fraction of sp³-hybridized carbons (Fsp3) is 0.200. The van der Waals surface area contributed by atoms with Gasteiger partial charge in [-0.1, -0.05) is 92.1 Å². The highest BCUT2D eigenvalue weighted by Gasteiger charge is 2.19. The molecule has 0 unspecified atom stereocenters. The van der Waals surface area contributed by atoms with Crippen LogP contribution in [0.2, 0.25) is 0 Å². The second-order valence-corrected chi connectivity index (χ2v) is 8.85. The molecule has 0 N–H and O–H groups in total. The van der Waals surface area contributed by atoms with E-state index in [2.05, 4.69) is 102 Å². The summed E-state index contributed by atoms with van der Waals surface area (Å²) >= 11 is 0. The van der Waals surface area contributed by atoms with Crippen LogP contribution in [0.15, 0.2) is 97.1 Å². The lowest BCUT2D eigenvalue weighted by Gasteiger charge is -2.22. The average Bonchev–Trinajstić information content (AvgIpc) is 3.19. The highest BCUT2D eigenvalue weighted by molar-refractivity contribution is 6.10. The van der Waals surface area contributed by atoms with Crippen molar-refractivity contribution in [2.45, 2.75) is 38.0 Å². The van der Waals surface area contributed by atoms with E-state index in [0.29, 0.717) is 0 Å². The van der Waals surface area contributed by atoms with Crippen LogP contribution >= 0.6 is 0 Å². The highest BCUT2D eigenvalue weighted by atomic mass is 15.0. The molecule has 0 atom stereocenters. The number of aromatic nitrogens is 1. The van der Waals surface area contributed by atoms with Gasteiger partial charge >= 0.3 is 0 Å². The van der Waals surface area contributed by atoms with Gasteiger partial charge in [0.1, 0.15) is 0 Å². The molecule has 1 aliphatic carbocycles. The summed E-state index contributed by atoms with van der Waals surface area (Å²) in [5, 5.41) is 2.72. The normalized spacial score (nSPS) is 15.0. The van der Waals surface area contributed by atoms with Crippen molar-refractivity contribution in [1.82, 2.24) is 4.57 Å². The van der Waals surface area contributed by atoms with E-state index in [0.717, 1.165) is 5.92 Å². The maximum atomic E-state index is 2.48. The zero-order valence-corrected chi connectivity index (χ0v) is 17.8. The Bertz CT molecular complexity index is 1350. The van der Waals surface area contributed by atoms with Crippen molar-refractivity contribution >= 4 is 21.8 Å². The van der Waals surface area contributed by atoms with Crippen LogP contribution in [0.4, 0.5) is 0 Å². The smallest absolute Gasteiger partial charge is 0.0541 e. The zero-order chi connectivity index (χ0) is 20.6. The molecule has 1 saturated carbocycles. The molecule has 152 valence electrons. The molecule has 0 amide bonds. The second kappa shape index (κ2) is 7.74. The lowest BCUT2D eigenvalue weighted by atomic mass is 9.84. The number of hydrogen-bond donors (Lipinski definition) is 0. The van der Waals surface area contributed by atoms with E-state index in [1.54, 1.807) is 0 Å². The molecule has 5 aromatic rings. The Morgan fingerprint density at radius 1 is 0.581 bits per heavy atom. The number of fused-ring (bicyclic) bond motifs is 3. The summed E-state index contributed by atoms with van der Waals surface area (Å²) in [4.78, 5) is 0. The molecule has 1 aliphatic rings. The molecule has 1 heteroatoms. The van der Waals surface area contributed by atoms with Crippen molar-refractivity contribution in [3.05, 3.63) is 103 Å². The first-order valence-electron chi connectivity index (χ1n) is 11.6. The van der Waals surface area contributed by atoms with E-state index < -0.39 is 0 Å². The van der Waals surface area contributed by atoms with Gasteiger partial charge in [-0.15, -0.1) is 0 Å². The Morgan fingerprint density at radius 2 is 1.29 bits per heavy atom. The van der Waals surface area contributed by atoms with Crippen LogP contribution in [0.5, 0.6) is 0 Å². The highest BCUT2D eigenvalue weighted by Crippen LogP contribution is 2.39. The molecule has 0 bridgehead atoms. The Labute approximate surface area is 184 Å². The van der Waals surface area contributed by atoms with Gasteiger partial charge in [-0.05, 0) is 54.2 Å². The van der Waals surface area contributed by atoms with Crippen molar-refractivity contribution in [3.8, 4) is 16.8 Å². The quantitative estimate of drug-likeness (QED) is 0.285. The first kappa shape index (κ1) is 18.4. The molecule has 1 fully saturated rings. The number of benzene rings is 4. The van der Waals surface area contributed by atoms with Crippen LogP contribution in [-0.4, -0.2) is 4.57 Å². The number of nitrogens with zero attached hydrogens (tertiary/aromatic N) is 1. The van der Waals surface area contributed by atoms with E-state index in [-0.39, 0.29) is 0 Å². The minimum Gasteiger partial charge on any atom is -0.309 e. The summed E-state index contributed by atoms with van der Waals surface area (Å²) in [5.41, 5.74) is 7.85. The molecule has 1 heterocycles. The minimum atomic E-state index is 0.719. The molecule has 0 spiro atoms. The van der Waals surface area contributed by atoms with Gasteiger partial charge in [-0.25, -0.2) is 0 Å². The molecular formula is C30H27N. The van der Waals surface area contributed by atoms with Gasteiger partial charge in [0, 0.05) is 16.3 Å². The summed E-state index contributed by atoms with van der Waals surface area (Å²) in [6.07, 6.45) is 6.81. The maximum Gasteiger partial charge on any atom is 0.0541 e. The molecule has 0 saturated heterocycles. The predicted octanol–water partition coefficient (Wildman–Crippen LogP) is 8.50. The molecular weight excluding hydrogens is 374 g/mol. The van der Waals surface area contributed by atoms with Gasteiger partial charge in [-0.2, -0.15) is 0 Å². The third-order valence-electron chi connectivity index (χ3n) is 7.00. The van der Waals surface area contributed by atoms with Gasteiger partial charge < -0.3 is 4.57 Å². The van der Waals surface area contributed by atoms with Crippen LogP contribution in [-0.2, 0) is 0 Å². The topological polar surface area (TPSA) is 4.93 Å². The fourth-order valence-electron chi connectivity index (χ4n) is 5.47. The third kappa shape index (κ3) is 3.16. The van der Waals surface area contributed by atoms with Gasteiger partial charge in [0.2, 0.25) is 0 Å². The molecule has 0 aliphatic heterocycles. The van der Waals surface area contributed by atoms with Gasteiger partial charge in [0.05, 0.1) is 16.7 Å². The molecule has 31 heavy (non-hydrogen) atoms. The van der Waals surface area contributed by atoms with Gasteiger partial charge in [0.15, 0.2) is 0 Å². The largest absolute Gasteiger partial charge is 0.309 e. The Balaban J connectivity index is 1.61. The molecule has 0 radical (unpaired) electrons. The van der Waals surface area contributed by atoms with Crippen LogP contribution in [0.3, 0.4) is 0 Å². The minimum absolute atomic E-state index is 0.719. The lowest BCUT2D eigenvalue weighted by molar-refractivity contribution is 0.444. The van der Waals surface area contributed by atoms with E-state index in [1.807, 2.05) is 0 Å². The average molecular weight is 402 g/mol. The summed E-state index contributed by atoms with van der Waals surface area (Å²) in [6.45, 7) is 0. The third-order valence-corrected chi connectivity index (χ3v) is 7.00. The molecule has 1 aromatic heterocycles. The first-order chi connectivity index (χ1) is 15.4. The molecule has 4 aromatic carbocycles. The molecule has 1 nitrogen and oxygen atoms in total. The number of para-hydroxylation sites is 2. The van der Waals surface area contributed by atoms with Crippen molar-refractivity contribution in [1.29, 1.82) is 0 Å². The first-order valence-corrected chi connectivity index (χ1v) is 11.6. The monoisotopic (exact) mass is 401 g/mol. The van der Waals surface area contributed by atoms with E-state index in [1.165, 1.54) is 76.3 Å². The Hall–Kier alpha value is -3.32. The van der Waals surface area contributed by atoms with Crippen LogP contribution in [0, 0.1) is 0 Å².